The van der Waals surface area contributed by atoms with E-state index in [0.717, 1.165) is 22.9 Å². The molecule has 1 unspecified atom stereocenters. The number of aromatic nitrogens is 2. The Morgan fingerprint density at radius 2 is 1.97 bits per heavy atom. The lowest BCUT2D eigenvalue weighted by molar-refractivity contribution is -0.137. The molecule has 1 saturated heterocycles. The molecule has 32 heavy (non-hydrogen) atoms. The summed E-state index contributed by atoms with van der Waals surface area (Å²) in [7, 11) is 0. The van der Waals surface area contributed by atoms with Crippen molar-refractivity contribution >= 4 is 16.7 Å². The van der Waals surface area contributed by atoms with Crippen LogP contribution < -0.4 is 10.9 Å². The molecule has 2 heterocycles. The lowest BCUT2D eigenvalue weighted by Gasteiger charge is -2.37. The highest BCUT2D eigenvalue weighted by Crippen LogP contribution is 2.32. The number of likely N-dealkylation sites (N-methyl/N-ethyl adjacent to an activating group) is 1. The zero-order valence-electron chi connectivity index (χ0n) is 18.0. The third-order valence-electron chi connectivity index (χ3n) is 5.45. The van der Waals surface area contributed by atoms with E-state index in [1.807, 2.05) is 0 Å². The molecule has 1 aliphatic heterocycles. The Kier molecular flexibility index (Phi) is 6.60. The van der Waals surface area contributed by atoms with Gasteiger partial charge in [0.05, 0.1) is 23.2 Å². The van der Waals surface area contributed by atoms with Crippen molar-refractivity contribution in [2.24, 2.45) is 0 Å². The van der Waals surface area contributed by atoms with Gasteiger partial charge in [-0.25, -0.2) is 13.5 Å². The summed E-state index contributed by atoms with van der Waals surface area (Å²) < 4.78 is 68.1. The van der Waals surface area contributed by atoms with E-state index in [1.54, 1.807) is 20.8 Å². The number of fused-ring (bicyclic) bond motifs is 1. The van der Waals surface area contributed by atoms with Crippen LogP contribution >= 0.6 is 0 Å². The Hall–Kier alpha value is -2.56. The van der Waals surface area contributed by atoms with Gasteiger partial charge >= 0.3 is 6.18 Å². The molecule has 3 rings (SSSR count). The molecule has 0 saturated carbocycles. The maximum absolute atomic E-state index is 13.9. The first-order valence-corrected chi connectivity index (χ1v) is 10.3. The van der Waals surface area contributed by atoms with Crippen molar-refractivity contribution < 1.29 is 26.7 Å². The van der Waals surface area contributed by atoms with E-state index >= 15 is 0 Å². The molecule has 1 amide bonds. The quantitative estimate of drug-likeness (QED) is 0.695. The van der Waals surface area contributed by atoms with Gasteiger partial charge in [0.2, 0.25) is 5.91 Å². The van der Waals surface area contributed by atoms with Crippen LogP contribution in [0.15, 0.2) is 23.0 Å². The number of alkyl halides is 5. The first kappa shape index (κ1) is 24.1. The van der Waals surface area contributed by atoms with Crippen LogP contribution in [0.4, 0.5) is 22.0 Å². The summed E-state index contributed by atoms with van der Waals surface area (Å²) in [6.45, 7) is 4.93. The van der Waals surface area contributed by atoms with Crippen molar-refractivity contribution in [2.75, 3.05) is 19.6 Å². The number of likely N-dealkylation sites (tertiary alicyclic amines) is 1. The van der Waals surface area contributed by atoms with Gasteiger partial charge in [-0.05, 0) is 30.7 Å². The average molecular weight is 460 g/mol. The zero-order chi connectivity index (χ0) is 23.8. The molecular formula is C21H25F5N4O2. The summed E-state index contributed by atoms with van der Waals surface area (Å²) in [5.74, 6) is -3.93. The van der Waals surface area contributed by atoms with Crippen molar-refractivity contribution in [2.45, 2.75) is 57.8 Å². The molecule has 1 aromatic heterocycles. The maximum Gasteiger partial charge on any atom is 0.416 e. The van der Waals surface area contributed by atoms with Gasteiger partial charge in [-0.1, -0.05) is 20.8 Å². The standard InChI is InChI=1S/C21H25F5N4O2/c1-4-29-9-14(8-20(22,23)11-29)27-17(31)10-30-19(32)15-6-5-13(21(24,25)26)7-16(15)18(28-30)12(2)3/h5-7,12,14H,4,8-11H2,1-3H3,(H,27,31). The molecule has 1 fully saturated rings. The van der Waals surface area contributed by atoms with Gasteiger partial charge in [-0.2, -0.15) is 18.3 Å². The monoisotopic (exact) mass is 460 g/mol. The summed E-state index contributed by atoms with van der Waals surface area (Å²) in [6.07, 6.45) is -5.08. The second-order valence-corrected chi connectivity index (χ2v) is 8.41. The number of halogens is 5. The lowest BCUT2D eigenvalue weighted by atomic mass is 10.0. The van der Waals surface area contributed by atoms with Gasteiger partial charge in [0.25, 0.3) is 11.5 Å². The highest BCUT2D eigenvalue weighted by molar-refractivity contribution is 5.85. The van der Waals surface area contributed by atoms with E-state index in [2.05, 4.69) is 10.4 Å². The predicted molar refractivity (Wildman–Crippen MR) is 109 cm³/mol. The molecule has 176 valence electrons. The molecule has 6 nitrogen and oxygen atoms in total. The summed E-state index contributed by atoms with van der Waals surface area (Å²) in [4.78, 5) is 26.9. The highest BCUT2D eigenvalue weighted by atomic mass is 19.4. The number of carbonyl (C=O) groups excluding carboxylic acids is 1. The van der Waals surface area contributed by atoms with Gasteiger partial charge in [-0.3, -0.25) is 14.5 Å². The van der Waals surface area contributed by atoms with Crippen molar-refractivity contribution in [1.82, 2.24) is 20.0 Å². The topological polar surface area (TPSA) is 67.2 Å². The minimum absolute atomic E-state index is 0.00542. The lowest BCUT2D eigenvalue weighted by Crippen LogP contribution is -2.55. The Morgan fingerprint density at radius 3 is 2.56 bits per heavy atom. The normalized spacial score (nSPS) is 19.5. The van der Waals surface area contributed by atoms with E-state index in [4.69, 9.17) is 0 Å². The second-order valence-electron chi connectivity index (χ2n) is 8.41. The number of hydrogen-bond acceptors (Lipinski definition) is 4. The Labute approximate surface area is 181 Å². The molecule has 1 aliphatic rings. The number of nitrogens with one attached hydrogen (secondary N) is 1. The molecule has 2 aromatic rings. The third kappa shape index (κ3) is 5.25. The molecule has 11 heteroatoms. The molecule has 1 atom stereocenters. The summed E-state index contributed by atoms with van der Waals surface area (Å²) in [6, 6.07) is 1.97. The Balaban J connectivity index is 1.89. The number of benzene rings is 1. The second kappa shape index (κ2) is 8.76. The zero-order valence-corrected chi connectivity index (χ0v) is 18.0. The van der Waals surface area contributed by atoms with E-state index in [9.17, 15) is 31.5 Å². The van der Waals surface area contributed by atoms with Crippen molar-refractivity contribution in [3.63, 3.8) is 0 Å². The molecular weight excluding hydrogens is 435 g/mol. The number of amides is 1. The largest absolute Gasteiger partial charge is 0.416 e. The average Bonchev–Trinajstić information content (AvgIpc) is 2.67. The van der Waals surface area contributed by atoms with Gasteiger partial charge < -0.3 is 5.32 Å². The third-order valence-corrected chi connectivity index (χ3v) is 5.45. The maximum atomic E-state index is 13.9. The van der Waals surface area contributed by atoms with E-state index < -0.39 is 48.1 Å². The van der Waals surface area contributed by atoms with E-state index in [1.165, 1.54) is 4.90 Å². The fourth-order valence-electron chi connectivity index (χ4n) is 3.96. The number of piperidine rings is 1. The number of nitrogens with zero attached hydrogens (tertiary/aromatic N) is 3. The van der Waals surface area contributed by atoms with Crippen LogP contribution in [0.1, 0.15) is 44.4 Å². The predicted octanol–water partition coefficient (Wildman–Crippen LogP) is 3.38. The van der Waals surface area contributed by atoms with Crippen LogP contribution in [0.3, 0.4) is 0 Å². The molecule has 0 spiro atoms. The van der Waals surface area contributed by atoms with Crippen molar-refractivity contribution in [3.05, 3.63) is 39.8 Å². The van der Waals surface area contributed by atoms with Crippen LogP contribution in [-0.2, 0) is 17.5 Å². The minimum Gasteiger partial charge on any atom is -0.350 e. The molecule has 1 N–H and O–H groups in total. The minimum atomic E-state index is -4.58. The van der Waals surface area contributed by atoms with Crippen molar-refractivity contribution in [3.8, 4) is 0 Å². The Bertz CT molecular complexity index is 1060. The molecule has 0 bridgehead atoms. The van der Waals surface area contributed by atoms with E-state index in [-0.39, 0.29) is 35.5 Å². The number of hydrogen-bond donors (Lipinski definition) is 1. The first-order valence-electron chi connectivity index (χ1n) is 10.3. The first-order chi connectivity index (χ1) is 14.8. The summed E-state index contributed by atoms with van der Waals surface area (Å²) >= 11 is 0. The van der Waals surface area contributed by atoms with Crippen LogP contribution in [0.2, 0.25) is 0 Å². The van der Waals surface area contributed by atoms with Gasteiger partial charge in [0.1, 0.15) is 6.54 Å². The van der Waals surface area contributed by atoms with Crippen LogP contribution in [0.25, 0.3) is 10.8 Å². The summed E-state index contributed by atoms with van der Waals surface area (Å²) in [5, 5.41) is 6.74. The molecule has 1 aromatic carbocycles. The van der Waals surface area contributed by atoms with Crippen molar-refractivity contribution in [1.29, 1.82) is 0 Å². The van der Waals surface area contributed by atoms with Gasteiger partial charge in [0.15, 0.2) is 0 Å². The highest BCUT2D eigenvalue weighted by Gasteiger charge is 2.40. The SMILES string of the molecule is CCN1CC(NC(=O)Cn2nc(C(C)C)c3cc(C(F)(F)F)ccc3c2=O)CC(F)(F)C1. The number of carbonyl (C=O) groups is 1. The van der Waals surface area contributed by atoms with Gasteiger partial charge in [-0.15, -0.1) is 0 Å². The van der Waals surface area contributed by atoms with Crippen LogP contribution in [0.5, 0.6) is 0 Å². The Morgan fingerprint density at radius 1 is 1.28 bits per heavy atom. The molecule has 0 radical (unpaired) electrons. The van der Waals surface area contributed by atoms with E-state index in [0.29, 0.717) is 6.54 Å². The molecule has 0 aliphatic carbocycles. The van der Waals surface area contributed by atoms with Crippen LogP contribution in [-0.4, -0.2) is 52.2 Å². The van der Waals surface area contributed by atoms with Crippen LogP contribution in [0, 0.1) is 0 Å². The number of rotatable bonds is 5. The van der Waals surface area contributed by atoms with Gasteiger partial charge in [0, 0.05) is 24.4 Å². The smallest absolute Gasteiger partial charge is 0.350 e. The summed E-state index contributed by atoms with van der Waals surface area (Å²) in [5.41, 5.74) is -1.39. The fraction of sp³-hybridized carbons (Fsp3) is 0.571. The fourth-order valence-corrected chi connectivity index (χ4v) is 3.96.